The van der Waals surface area contributed by atoms with Crippen LogP contribution in [0.5, 0.6) is 0 Å². The number of nitrogens with zero attached hydrogens (tertiary/aromatic N) is 4. The van der Waals surface area contributed by atoms with E-state index in [2.05, 4.69) is 174 Å². The van der Waals surface area contributed by atoms with E-state index in [1.165, 1.54) is 64.8 Å². The Morgan fingerprint density at radius 2 is 0.921 bits per heavy atom. The van der Waals surface area contributed by atoms with Gasteiger partial charge in [0.1, 0.15) is 0 Å². The van der Waals surface area contributed by atoms with Crippen LogP contribution in [0.15, 0.2) is 54.6 Å². The van der Waals surface area contributed by atoms with Crippen molar-refractivity contribution in [2.75, 3.05) is 0 Å². The Balaban J connectivity index is 0.00000118. The predicted molar refractivity (Wildman–Crippen MR) is 264 cm³/mol. The average Bonchev–Trinajstić information content (AvgIpc) is 3.87. The zero-order valence-corrected chi connectivity index (χ0v) is 43.4. The average molecular weight is 1150 g/mol. The van der Waals surface area contributed by atoms with Crippen LogP contribution in [0, 0.1) is 17.4 Å². The van der Waals surface area contributed by atoms with Gasteiger partial charge in [0.25, 0.3) is 0 Å². The Bertz CT molecular complexity index is 2760. The first-order valence-electron chi connectivity index (χ1n) is 21.8. The van der Waals surface area contributed by atoms with Crippen molar-refractivity contribution in [3.63, 3.8) is 0 Å². The van der Waals surface area contributed by atoms with Crippen molar-refractivity contribution in [3.05, 3.63) is 114 Å². The van der Waals surface area contributed by atoms with E-state index in [1.54, 1.807) is 0 Å². The topological polar surface area (TPSA) is 54.0 Å². The molecule has 0 saturated heterocycles. The summed E-state index contributed by atoms with van der Waals surface area (Å²) >= 11 is 2.39. The van der Waals surface area contributed by atoms with Gasteiger partial charge >= 0.3 is 29.6 Å². The Kier molecular flexibility index (Phi) is 15.2. The quantitative estimate of drug-likeness (QED) is 0.0966. The molecule has 2 aliphatic rings. The van der Waals surface area contributed by atoms with E-state index in [9.17, 15) is 17.3 Å². The van der Waals surface area contributed by atoms with E-state index in [4.69, 9.17) is 19.9 Å². The fraction of sp³-hybridized carbons (Fsp3) is 0.385. The second kappa shape index (κ2) is 19.0. The molecular formula is C52H59AuBF4IN4. The first-order chi connectivity index (χ1) is 28.9. The Hall–Kier alpha value is -3.70. The van der Waals surface area contributed by atoms with Crippen molar-refractivity contribution >= 4 is 74.2 Å². The van der Waals surface area contributed by atoms with Crippen molar-refractivity contribution in [2.45, 2.75) is 133 Å². The van der Waals surface area contributed by atoms with Crippen LogP contribution >= 0.6 is 22.6 Å². The number of halogens is 5. The minimum atomic E-state index is -6.00. The van der Waals surface area contributed by atoms with Crippen LogP contribution in [0.25, 0.3) is 66.6 Å². The van der Waals surface area contributed by atoms with E-state index in [-0.39, 0.29) is 33.2 Å². The summed E-state index contributed by atoms with van der Waals surface area (Å²) in [6.45, 7) is 31.9. The molecule has 0 fully saturated rings. The largest absolute Gasteiger partial charge is 3.00 e. The SMILES string of the molecule is CCC1=C(C)c2nc1cc1[n-]c(c(C)c1CC)c(-c1ccc(I)cc1)c1nc(cc3[n-]c(c(C)c3CC)c2-c2cc(C(C)(C)C)cc(C(C)(C)C)c2)C(CC)=C1C.F[B-](F)(F)F.[Au+3]. The molecule has 7 rings (SSSR count). The molecule has 0 saturated carbocycles. The van der Waals surface area contributed by atoms with E-state index in [1.807, 2.05) is 0 Å². The summed E-state index contributed by atoms with van der Waals surface area (Å²) in [5.41, 5.74) is 25.0. The van der Waals surface area contributed by atoms with Gasteiger partial charge in [0, 0.05) is 3.57 Å². The number of aromatic nitrogens is 4. The van der Waals surface area contributed by atoms with Gasteiger partial charge < -0.3 is 27.2 Å². The molecule has 5 aromatic rings. The van der Waals surface area contributed by atoms with Gasteiger partial charge in [-0.3, -0.25) is 0 Å². The van der Waals surface area contributed by atoms with Crippen LogP contribution in [0.1, 0.15) is 152 Å². The first kappa shape index (κ1) is 50.3. The number of benzene rings is 2. The van der Waals surface area contributed by atoms with E-state index < -0.39 is 7.25 Å². The third-order valence-corrected chi connectivity index (χ3v) is 13.1. The molecule has 5 heterocycles. The Morgan fingerprint density at radius 3 is 1.25 bits per heavy atom. The van der Waals surface area contributed by atoms with Gasteiger partial charge in [-0.2, -0.15) is 0 Å². The fourth-order valence-corrected chi connectivity index (χ4v) is 9.31. The molecule has 8 bridgehead atoms. The molecule has 2 aromatic carbocycles. The summed E-state index contributed by atoms with van der Waals surface area (Å²) in [5.74, 6) is 0. The summed E-state index contributed by atoms with van der Waals surface area (Å²) in [5, 5.41) is 0. The summed E-state index contributed by atoms with van der Waals surface area (Å²) in [6.07, 6.45) is 3.48. The van der Waals surface area contributed by atoms with Crippen molar-refractivity contribution in [1.82, 2.24) is 19.9 Å². The van der Waals surface area contributed by atoms with E-state index >= 15 is 0 Å². The molecule has 0 unspecified atom stereocenters. The van der Waals surface area contributed by atoms with Crippen molar-refractivity contribution in [1.29, 1.82) is 0 Å². The molecule has 0 spiro atoms. The molecule has 0 radical (unpaired) electrons. The maximum absolute atomic E-state index is 9.75. The molecule has 0 atom stereocenters. The van der Waals surface area contributed by atoms with Crippen molar-refractivity contribution in [2.24, 2.45) is 0 Å². The number of rotatable bonds is 6. The van der Waals surface area contributed by atoms with Gasteiger partial charge in [-0.05, 0) is 155 Å². The Morgan fingerprint density at radius 1 is 0.556 bits per heavy atom. The van der Waals surface area contributed by atoms with E-state index in [0.717, 1.165) is 87.2 Å². The van der Waals surface area contributed by atoms with Crippen LogP contribution < -0.4 is 9.97 Å². The third kappa shape index (κ3) is 10.2. The fourth-order valence-electron chi connectivity index (χ4n) is 8.95. The first-order valence-corrected chi connectivity index (χ1v) is 22.9. The molecule has 3 aromatic heterocycles. The molecule has 0 aliphatic carbocycles. The van der Waals surface area contributed by atoms with Gasteiger partial charge in [0.05, 0.1) is 22.8 Å². The van der Waals surface area contributed by atoms with Crippen LogP contribution in [-0.2, 0) is 46.1 Å². The van der Waals surface area contributed by atoms with Gasteiger partial charge in [-0.15, -0.1) is 22.1 Å². The summed E-state index contributed by atoms with van der Waals surface area (Å²) < 4.78 is 40.2. The zero-order chi connectivity index (χ0) is 45.8. The van der Waals surface area contributed by atoms with E-state index in [0.29, 0.717) is 0 Å². The van der Waals surface area contributed by atoms with Gasteiger partial charge in [-0.1, -0.05) is 134 Å². The zero-order valence-electron chi connectivity index (χ0n) is 39.1. The molecular weight excluding hydrogens is 1090 g/mol. The number of hydrogen-bond acceptors (Lipinski definition) is 2. The molecule has 4 nitrogen and oxygen atoms in total. The van der Waals surface area contributed by atoms with Crippen LogP contribution in [0.3, 0.4) is 0 Å². The maximum atomic E-state index is 9.75. The van der Waals surface area contributed by atoms with Crippen LogP contribution in [0.4, 0.5) is 17.3 Å². The molecule has 63 heavy (non-hydrogen) atoms. The van der Waals surface area contributed by atoms with Crippen molar-refractivity contribution in [3.8, 4) is 22.3 Å². The number of hydrogen-bond donors (Lipinski definition) is 0. The van der Waals surface area contributed by atoms with Gasteiger partial charge in [0.2, 0.25) is 0 Å². The molecule has 336 valence electrons. The maximum Gasteiger partial charge on any atom is 3.00 e. The Labute approximate surface area is 401 Å². The van der Waals surface area contributed by atoms with Gasteiger partial charge in [0.15, 0.2) is 0 Å². The van der Waals surface area contributed by atoms with Crippen molar-refractivity contribution < 1.29 is 39.6 Å². The summed E-state index contributed by atoms with van der Waals surface area (Å²) in [4.78, 5) is 22.4. The molecule has 0 amide bonds. The number of aryl methyl sites for hydroxylation is 4. The predicted octanol–water partition coefficient (Wildman–Crippen LogP) is 15.8. The smallest absolute Gasteiger partial charge is 0.657 e. The molecule has 0 N–H and O–H groups in total. The second-order valence-corrected chi connectivity index (χ2v) is 19.8. The number of allylic oxidation sites excluding steroid dienone is 4. The van der Waals surface area contributed by atoms with Crippen LogP contribution in [-0.4, -0.2) is 17.2 Å². The standard InChI is InChI=1S/C52H59IN4.Au.BF4/c1-15-37-28(5)47-45(32-19-21-36(53)22-20-32)48-29(6)38(16-2)42(55-48)27-44-40(18-4)31(8)50(57-44)46(49-30(7)39(17-3)43(56-49)26-41(37)54-47)33-23-34(51(9,10)11)25-35(24-33)52(12,13)14;;2-1(3,4)5/h19-27H,15-18H2,1-14H3;;/q-2;+3;-1. The van der Waals surface area contributed by atoms with Crippen LogP contribution in [0.2, 0.25) is 0 Å². The van der Waals surface area contributed by atoms with Gasteiger partial charge in [-0.25, -0.2) is 9.97 Å². The minimum Gasteiger partial charge on any atom is -0.657 e. The second-order valence-electron chi connectivity index (χ2n) is 18.6. The minimum absolute atomic E-state index is 0. The summed E-state index contributed by atoms with van der Waals surface area (Å²) in [7, 11) is -6.00. The number of fused-ring (bicyclic) bond motifs is 8. The molecule has 2 aliphatic heterocycles. The summed E-state index contributed by atoms with van der Waals surface area (Å²) in [6, 6.07) is 20.6. The third-order valence-electron chi connectivity index (χ3n) is 12.4. The molecule has 11 heteroatoms. The monoisotopic (exact) mass is 1150 g/mol. The normalized spacial score (nSPS) is 13.3.